The van der Waals surface area contributed by atoms with Gasteiger partial charge in [-0.1, -0.05) is 28.1 Å². The van der Waals surface area contributed by atoms with E-state index in [1.165, 1.54) is 0 Å². The summed E-state index contributed by atoms with van der Waals surface area (Å²) >= 11 is 3.38. The van der Waals surface area contributed by atoms with Gasteiger partial charge in [-0.05, 0) is 30.5 Å². The fourth-order valence-corrected chi connectivity index (χ4v) is 1.58. The quantitative estimate of drug-likeness (QED) is 0.585. The smallest absolute Gasteiger partial charge is 0.119 e. The Hall–Kier alpha value is -1.01. The molecule has 0 saturated heterocycles. The molecule has 0 N–H and O–H groups in total. The van der Waals surface area contributed by atoms with E-state index in [2.05, 4.69) is 22.0 Å². The molecule has 0 unspecified atom stereocenters. The van der Waals surface area contributed by atoms with Crippen LogP contribution in [0.5, 0.6) is 5.75 Å². The first-order valence-electron chi connectivity index (χ1n) is 5.01. The minimum Gasteiger partial charge on any atom is -0.494 e. The molecular formula is C12H14BrNO. The molecular weight excluding hydrogens is 254 g/mol. The van der Waals surface area contributed by atoms with Gasteiger partial charge in [-0.3, -0.25) is 0 Å². The van der Waals surface area contributed by atoms with Gasteiger partial charge in [0.05, 0.1) is 19.1 Å². The number of hydrogen-bond donors (Lipinski definition) is 0. The number of ether oxygens (including phenoxy) is 1. The minimum absolute atomic E-state index is 0.462. The van der Waals surface area contributed by atoms with E-state index in [1.54, 1.807) is 0 Å². The Labute approximate surface area is 99.0 Å². The van der Waals surface area contributed by atoms with Gasteiger partial charge in [-0.25, -0.2) is 0 Å². The lowest BCUT2D eigenvalue weighted by atomic mass is 10.2. The third-order valence-corrected chi connectivity index (χ3v) is 2.56. The number of halogens is 1. The van der Waals surface area contributed by atoms with Crippen molar-refractivity contribution in [3.63, 3.8) is 0 Å². The lowest BCUT2D eigenvalue weighted by Crippen LogP contribution is -1.97. The zero-order chi connectivity index (χ0) is 10.9. The maximum atomic E-state index is 8.50. The third kappa shape index (κ3) is 4.85. The van der Waals surface area contributed by atoms with E-state index in [0.717, 1.165) is 36.1 Å². The number of rotatable bonds is 6. The van der Waals surface area contributed by atoms with Gasteiger partial charge in [0, 0.05) is 5.33 Å². The van der Waals surface area contributed by atoms with Crippen molar-refractivity contribution < 1.29 is 4.74 Å². The number of hydrogen-bond acceptors (Lipinski definition) is 2. The fourth-order valence-electron chi connectivity index (χ4n) is 1.18. The number of nitrogens with zero attached hydrogens (tertiary/aromatic N) is 1. The highest BCUT2D eigenvalue weighted by atomic mass is 79.9. The molecule has 0 bridgehead atoms. The maximum absolute atomic E-state index is 8.50. The van der Waals surface area contributed by atoms with Crippen molar-refractivity contribution in [2.75, 3.05) is 11.9 Å². The van der Waals surface area contributed by atoms with E-state index in [0.29, 0.717) is 6.42 Å². The van der Waals surface area contributed by atoms with Crippen LogP contribution in [-0.4, -0.2) is 11.9 Å². The van der Waals surface area contributed by atoms with E-state index in [9.17, 15) is 0 Å². The summed E-state index contributed by atoms with van der Waals surface area (Å²) in [6.07, 6.45) is 2.65. The fraction of sp³-hybridized carbons (Fsp3) is 0.417. The number of alkyl halides is 1. The molecule has 0 aliphatic heterocycles. The van der Waals surface area contributed by atoms with Crippen LogP contribution in [0.4, 0.5) is 0 Å². The lowest BCUT2D eigenvalue weighted by molar-refractivity contribution is 0.310. The van der Waals surface area contributed by atoms with Crippen molar-refractivity contribution in [3.05, 3.63) is 29.8 Å². The van der Waals surface area contributed by atoms with Crippen molar-refractivity contribution in [1.82, 2.24) is 0 Å². The molecule has 0 spiro atoms. The van der Waals surface area contributed by atoms with Gasteiger partial charge in [0.2, 0.25) is 0 Å². The van der Waals surface area contributed by atoms with E-state index >= 15 is 0 Å². The highest BCUT2D eigenvalue weighted by Gasteiger charge is 1.95. The van der Waals surface area contributed by atoms with Crippen LogP contribution in [0.25, 0.3) is 0 Å². The highest BCUT2D eigenvalue weighted by molar-refractivity contribution is 9.09. The van der Waals surface area contributed by atoms with Crippen LogP contribution in [0.1, 0.15) is 18.4 Å². The second-order valence-electron chi connectivity index (χ2n) is 3.22. The molecule has 0 radical (unpaired) electrons. The Kier molecular flexibility index (Phi) is 5.87. The average molecular weight is 268 g/mol. The van der Waals surface area contributed by atoms with Crippen LogP contribution < -0.4 is 4.74 Å². The van der Waals surface area contributed by atoms with Crippen molar-refractivity contribution >= 4 is 15.9 Å². The maximum Gasteiger partial charge on any atom is 0.119 e. The first-order chi connectivity index (χ1) is 7.36. The lowest BCUT2D eigenvalue weighted by Gasteiger charge is -2.05. The summed E-state index contributed by atoms with van der Waals surface area (Å²) in [6.45, 7) is 0.753. The second kappa shape index (κ2) is 7.30. The van der Waals surface area contributed by atoms with Crippen LogP contribution in [0.2, 0.25) is 0 Å². The average Bonchev–Trinajstić information content (AvgIpc) is 2.27. The van der Waals surface area contributed by atoms with Gasteiger partial charge in [0.15, 0.2) is 0 Å². The van der Waals surface area contributed by atoms with Crippen LogP contribution in [0.15, 0.2) is 24.3 Å². The molecule has 0 aliphatic carbocycles. The van der Waals surface area contributed by atoms with E-state index < -0.39 is 0 Å². The van der Waals surface area contributed by atoms with E-state index in [1.807, 2.05) is 24.3 Å². The van der Waals surface area contributed by atoms with Crippen LogP contribution >= 0.6 is 15.9 Å². The molecule has 0 saturated carbocycles. The zero-order valence-electron chi connectivity index (χ0n) is 8.58. The van der Waals surface area contributed by atoms with Gasteiger partial charge in [-0.2, -0.15) is 5.26 Å². The molecule has 3 heteroatoms. The zero-order valence-corrected chi connectivity index (χ0v) is 10.2. The molecule has 0 heterocycles. The Morgan fingerprint density at radius 2 is 1.93 bits per heavy atom. The largest absolute Gasteiger partial charge is 0.494 e. The Morgan fingerprint density at radius 1 is 1.20 bits per heavy atom. The molecule has 2 nitrogen and oxygen atoms in total. The number of benzene rings is 1. The second-order valence-corrected chi connectivity index (χ2v) is 4.02. The molecule has 1 rings (SSSR count). The SMILES string of the molecule is N#CCc1ccc(OCCCCBr)cc1. The first kappa shape index (κ1) is 12.1. The van der Waals surface area contributed by atoms with Gasteiger partial charge < -0.3 is 4.74 Å². The molecule has 1 aromatic carbocycles. The third-order valence-electron chi connectivity index (χ3n) is 2.00. The van der Waals surface area contributed by atoms with Crippen LogP contribution in [0.3, 0.4) is 0 Å². The molecule has 0 atom stereocenters. The van der Waals surface area contributed by atoms with Crippen molar-refractivity contribution in [2.45, 2.75) is 19.3 Å². The minimum atomic E-state index is 0.462. The summed E-state index contributed by atoms with van der Waals surface area (Å²) in [7, 11) is 0. The normalized spacial score (nSPS) is 9.60. The number of unbranched alkanes of at least 4 members (excludes halogenated alkanes) is 1. The summed E-state index contributed by atoms with van der Waals surface area (Å²) in [5.74, 6) is 0.881. The molecule has 0 aromatic heterocycles. The van der Waals surface area contributed by atoms with Gasteiger partial charge in [-0.15, -0.1) is 0 Å². The molecule has 0 aliphatic rings. The Morgan fingerprint density at radius 3 is 2.53 bits per heavy atom. The molecule has 1 aromatic rings. The Bertz CT molecular complexity index is 315. The van der Waals surface area contributed by atoms with Crippen molar-refractivity contribution in [1.29, 1.82) is 5.26 Å². The van der Waals surface area contributed by atoms with E-state index in [4.69, 9.17) is 10.00 Å². The predicted molar refractivity (Wildman–Crippen MR) is 64.3 cm³/mol. The first-order valence-corrected chi connectivity index (χ1v) is 6.13. The molecule has 0 fully saturated rings. The molecule has 15 heavy (non-hydrogen) atoms. The van der Waals surface area contributed by atoms with Crippen LogP contribution in [0, 0.1) is 11.3 Å². The molecule has 0 amide bonds. The summed E-state index contributed by atoms with van der Waals surface area (Å²) in [4.78, 5) is 0. The van der Waals surface area contributed by atoms with Gasteiger partial charge in [0.25, 0.3) is 0 Å². The monoisotopic (exact) mass is 267 g/mol. The highest BCUT2D eigenvalue weighted by Crippen LogP contribution is 2.12. The van der Waals surface area contributed by atoms with Gasteiger partial charge >= 0.3 is 0 Å². The van der Waals surface area contributed by atoms with Gasteiger partial charge in [0.1, 0.15) is 5.75 Å². The summed E-state index contributed by atoms with van der Waals surface area (Å²) < 4.78 is 5.54. The topological polar surface area (TPSA) is 33.0 Å². The number of nitriles is 1. The van der Waals surface area contributed by atoms with Crippen molar-refractivity contribution in [3.8, 4) is 11.8 Å². The summed E-state index contributed by atoms with van der Waals surface area (Å²) in [5.41, 5.74) is 1.03. The summed E-state index contributed by atoms with van der Waals surface area (Å²) in [6, 6.07) is 9.82. The van der Waals surface area contributed by atoms with Crippen LogP contribution in [-0.2, 0) is 6.42 Å². The molecule has 80 valence electrons. The summed E-state index contributed by atoms with van der Waals surface area (Å²) in [5, 5.41) is 9.53. The van der Waals surface area contributed by atoms with E-state index in [-0.39, 0.29) is 0 Å². The standard InChI is InChI=1S/C12H14BrNO/c13-8-1-2-10-15-12-5-3-11(4-6-12)7-9-14/h3-6H,1-2,7-8,10H2. The van der Waals surface area contributed by atoms with Crippen molar-refractivity contribution in [2.24, 2.45) is 0 Å². The predicted octanol–water partition coefficient (Wildman–Crippen LogP) is 3.31. The Balaban J connectivity index is 2.33.